The van der Waals surface area contributed by atoms with Crippen molar-refractivity contribution in [3.8, 4) is 0 Å². The monoisotopic (exact) mass is 274 g/mol. The number of halogens is 2. The Labute approximate surface area is 117 Å². The molecule has 0 fully saturated rings. The molecule has 0 amide bonds. The van der Waals surface area contributed by atoms with E-state index in [0.717, 1.165) is 0 Å². The smallest absolute Gasteiger partial charge is 0.193 e. The highest BCUT2D eigenvalue weighted by atomic mass is 19.1. The number of carbonyl (C=O) groups is 1. The highest BCUT2D eigenvalue weighted by Crippen LogP contribution is 2.23. The summed E-state index contributed by atoms with van der Waals surface area (Å²) < 4.78 is 27.5. The minimum atomic E-state index is -0.417. The van der Waals surface area contributed by atoms with Gasteiger partial charge in [-0.15, -0.1) is 0 Å². The van der Waals surface area contributed by atoms with Gasteiger partial charge in [-0.1, -0.05) is 0 Å². The van der Waals surface area contributed by atoms with Crippen LogP contribution in [-0.4, -0.2) is 5.78 Å². The lowest BCUT2D eigenvalue weighted by Crippen LogP contribution is -2.09. The number of ketones is 1. The maximum absolute atomic E-state index is 13.7. The van der Waals surface area contributed by atoms with Crippen molar-refractivity contribution >= 4 is 5.78 Å². The molecule has 0 saturated carbocycles. The molecule has 1 nitrogen and oxygen atoms in total. The Morgan fingerprint density at radius 1 is 0.750 bits per heavy atom. The molecule has 0 N–H and O–H groups in total. The van der Waals surface area contributed by atoms with Crippen LogP contribution in [0.3, 0.4) is 0 Å². The van der Waals surface area contributed by atoms with Gasteiger partial charge in [0.05, 0.1) is 0 Å². The zero-order chi connectivity index (χ0) is 15.0. The number of benzene rings is 2. The average Bonchev–Trinajstić information content (AvgIpc) is 2.37. The second-order valence-electron chi connectivity index (χ2n) is 5.17. The van der Waals surface area contributed by atoms with Crippen molar-refractivity contribution in [3.63, 3.8) is 0 Å². The van der Waals surface area contributed by atoms with Gasteiger partial charge in [0.1, 0.15) is 11.6 Å². The molecule has 20 heavy (non-hydrogen) atoms. The molecule has 0 aliphatic heterocycles. The van der Waals surface area contributed by atoms with Crippen LogP contribution in [-0.2, 0) is 0 Å². The molecule has 3 heteroatoms. The van der Waals surface area contributed by atoms with E-state index in [4.69, 9.17) is 0 Å². The Kier molecular flexibility index (Phi) is 3.71. The topological polar surface area (TPSA) is 17.1 Å². The van der Waals surface area contributed by atoms with Gasteiger partial charge in [0.15, 0.2) is 5.78 Å². The Bertz CT molecular complexity index is 643. The van der Waals surface area contributed by atoms with Crippen LogP contribution in [0, 0.1) is 39.3 Å². The SMILES string of the molecule is Cc1cc(F)c(C)c(C(=O)c2cc(C)cc(F)c2C)c1. The van der Waals surface area contributed by atoms with E-state index in [1.807, 2.05) is 0 Å². The fraction of sp³-hybridized carbons (Fsp3) is 0.235. The molecule has 0 aliphatic rings. The Hall–Kier alpha value is -2.03. The van der Waals surface area contributed by atoms with Gasteiger partial charge in [0.25, 0.3) is 0 Å². The quantitative estimate of drug-likeness (QED) is 0.740. The third-order valence-electron chi connectivity index (χ3n) is 3.47. The molecule has 0 spiro atoms. The van der Waals surface area contributed by atoms with Crippen LogP contribution in [0.4, 0.5) is 8.78 Å². The molecular formula is C17H16F2O. The van der Waals surface area contributed by atoms with Gasteiger partial charge in [0, 0.05) is 11.1 Å². The molecule has 0 radical (unpaired) electrons. The normalized spacial score (nSPS) is 10.7. The zero-order valence-electron chi connectivity index (χ0n) is 12.0. The third kappa shape index (κ3) is 2.48. The lowest BCUT2D eigenvalue weighted by molar-refractivity contribution is 0.103. The van der Waals surface area contributed by atoms with E-state index in [0.29, 0.717) is 22.3 Å². The number of hydrogen-bond donors (Lipinski definition) is 0. The van der Waals surface area contributed by atoms with E-state index in [-0.39, 0.29) is 16.9 Å². The first kappa shape index (κ1) is 14.4. The van der Waals surface area contributed by atoms with Gasteiger partial charge in [-0.3, -0.25) is 4.79 Å². The van der Waals surface area contributed by atoms with E-state index < -0.39 is 11.6 Å². The van der Waals surface area contributed by atoms with Crippen molar-refractivity contribution in [2.24, 2.45) is 0 Å². The second-order valence-corrected chi connectivity index (χ2v) is 5.17. The summed E-state index contributed by atoms with van der Waals surface area (Å²) in [6, 6.07) is 6.05. The molecule has 0 saturated heterocycles. The standard InChI is InChI=1S/C17H16F2O/c1-9-5-13(11(3)15(18)7-9)17(20)14-6-10(2)8-16(19)12(14)4/h5-8H,1-4H3. The van der Waals surface area contributed by atoms with E-state index >= 15 is 0 Å². The van der Waals surface area contributed by atoms with Gasteiger partial charge >= 0.3 is 0 Å². The first-order chi connectivity index (χ1) is 9.31. The van der Waals surface area contributed by atoms with Crippen molar-refractivity contribution in [1.29, 1.82) is 0 Å². The van der Waals surface area contributed by atoms with Gasteiger partial charge in [-0.05, 0) is 74.2 Å². The summed E-state index contributed by atoms with van der Waals surface area (Å²) in [5.41, 5.74) is 2.50. The lowest BCUT2D eigenvalue weighted by atomic mass is 9.93. The summed E-state index contributed by atoms with van der Waals surface area (Å²) in [4.78, 5) is 12.6. The van der Waals surface area contributed by atoms with Crippen molar-refractivity contribution < 1.29 is 13.6 Å². The number of aryl methyl sites for hydroxylation is 2. The van der Waals surface area contributed by atoms with Crippen LogP contribution in [0.25, 0.3) is 0 Å². The van der Waals surface area contributed by atoms with Gasteiger partial charge in [-0.25, -0.2) is 8.78 Å². The molecule has 0 bridgehead atoms. The van der Waals surface area contributed by atoms with Crippen LogP contribution in [0.15, 0.2) is 24.3 Å². The summed E-state index contributed by atoms with van der Waals surface area (Å²) in [6.45, 7) is 6.57. The number of rotatable bonds is 2. The highest BCUT2D eigenvalue weighted by molar-refractivity contribution is 6.11. The first-order valence-corrected chi connectivity index (χ1v) is 6.39. The maximum Gasteiger partial charge on any atom is 0.193 e. The fourth-order valence-electron chi connectivity index (χ4n) is 2.25. The first-order valence-electron chi connectivity index (χ1n) is 6.39. The summed E-state index contributed by atoms with van der Waals surface area (Å²) in [7, 11) is 0. The van der Waals surface area contributed by atoms with E-state index in [1.165, 1.54) is 12.1 Å². The predicted octanol–water partition coefficient (Wildman–Crippen LogP) is 4.43. The molecule has 2 aromatic rings. The highest BCUT2D eigenvalue weighted by Gasteiger charge is 2.18. The van der Waals surface area contributed by atoms with E-state index in [2.05, 4.69) is 0 Å². The Morgan fingerprint density at radius 3 is 1.45 bits per heavy atom. The van der Waals surface area contributed by atoms with Crippen LogP contribution in [0.2, 0.25) is 0 Å². The molecule has 104 valence electrons. The molecule has 0 unspecified atom stereocenters. The van der Waals surface area contributed by atoms with Crippen LogP contribution in [0.5, 0.6) is 0 Å². The predicted molar refractivity (Wildman–Crippen MR) is 75.2 cm³/mol. The molecule has 2 rings (SSSR count). The van der Waals surface area contributed by atoms with Gasteiger partial charge < -0.3 is 0 Å². The fourth-order valence-corrected chi connectivity index (χ4v) is 2.25. The van der Waals surface area contributed by atoms with Gasteiger partial charge in [-0.2, -0.15) is 0 Å². The minimum Gasteiger partial charge on any atom is -0.289 e. The van der Waals surface area contributed by atoms with E-state index in [1.54, 1.807) is 39.8 Å². The largest absolute Gasteiger partial charge is 0.289 e. The molecule has 0 aliphatic carbocycles. The van der Waals surface area contributed by atoms with Crippen molar-refractivity contribution in [3.05, 3.63) is 69.3 Å². The minimum absolute atomic E-state index is 0.288. The number of carbonyl (C=O) groups excluding carboxylic acids is 1. The molecule has 2 aromatic carbocycles. The molecular weight excluding hydrogens is 258 g/mol. The molecule has 0 aromatic heterocycles. The summed E-state index contributed by atoms with van der Waals surface area (Å²) in [6.07, 6.45) is 0. The van der Waals surface area contributed by atoms with Crippen molar-refractivity contribution in [2.45, 2.75) is 27.7 Å². The molecule has 0 atom stereocenters. The van der Waals surface area contributed by atoms with Crippen LogP contribution in [0.1, 0.15) is 38.2 Å². The number of hydrogen-bond acceptors (Lipinski definition) is 1. The zero-order valence-corrected chi connectivity index (χ0v) is 12.0. The second kappa shape index (κ2) is 5.16. The third-order valence-corrected chi connectivity index (χ3v) is 3.47. The summed E-state index contributed by atoms with van der Waals surface area (Å²) in [5.74, 6) is -1.18. The summed E-state index contributed by atoms with van der Waals surface area (Å²) >= 11 is 0. The Balaban J connectivity index is 2.64. The Morgan fingerprint density at radius 2 is 1.10 bits per heavy atom. The van der Waals surface area contributed by atoms with E-state index in [9.17, 15) is 13.6 Å². The average molecular weight is 274 g/mol. The van der Waals surface area contributed by atoms with Crippen LogP contribution < -0.4 is 0 Å². The van der Waals surface area contributed by atoms with Crippen molar-refractivity contribution in [1.82, 2.24) is 0 Å². The summed E-state index contributed by atoms with van der Waals surface area (Å²) in [5, 5.41) is 0. The van der Waals surface area contributed by atoms with Crippen LogP contribution >= 0.6 is 0 Å². The van der Waals surface area contributed by atoms with Gasteiger partial charge in [0.2, 0.25) is 0 Å². The maximum atomic E-state index is 13.7. The van der Waals surface area contributed by atoms with Crippen molar-refractivity contribution in [2.75, 3.05) is 0 Å². The lowest BCUT2D eigenvalue weighted by Gasteiger charge is -2.11. The molecule has 0 heterocycles.